The lowest BCUT2D eigenvalue weighted by Crippen LogP contribution is -2.42. The van der Waals surface area contributed by atoms with Crippen molar-refractivity contribution in [2.24, 2.45) is 0 Å². The fourth-order valence-electron chi connectivity index (χ4n) is 3.56. The Labute approximate surface area is 125 Å². The third-order valence-electron chi connectivity index (χ3n) is 4.96. The highest BCUT2D eigenvalue weighted by Crippen LogP contribution is 2.50. The lowest BCUT2D eigenvalue weighted by atomic mass is 9.93. The summed E-state index contributed by atoms with van der Waals surface area (Å²) in [5, 5.41) is 9.01. The van der Waals surface area contributed by atoms with Gasteiger partial charge in [-0.3, -0.25) is 4.79 Å². The topological polar surface area (TPSA) is 66.6 Å². The molecule has 1 atom stereocenters. The highest BCUT2D eigenvalue weighted by Gasteiger charge is 2.54. The summed E-state index contributed by atoms with van der Waals surface area (Å²) in [6.45, 7) is 1.08. The molecule has 114 valence electrons. The van der Waals surface area contributed by atoms with Gasteiger partial charge in [-0.25, -0.2) is 0 Å². The number of anilines is 1. The lowest BCUT2D eigenvalue weighted by Gasteiger charge is -2.29. The maximum absolute atomic E-state index is 13.0. The maximum atomic E-state index is 13.0. The quantitative estimate of drug-likeness (QED) is 0.815. The monoisotopic (exact) mass is 288 g/mol. The summed E-state index contributed by atoms with van der Waals surface area (Å²) >= 11 is 0. The summed E-state index contributed by atoms with van der Waals surface area (Å²) in [6.07, 6.45) is 5.74. The lowest BCUT2D eigenvalue weighted by molar-refractivity contribution is -0.135. The largest absolute Gasteiger partial charge is 0.399 e. The highest BCUT2D eigenvalue weighted by atomic mass is 16.3. The van der Waals surface area contributed by atoms with Gasteiger partial charge in [-0.1, -0.05) is 12.1 Å². The van der Waals surface area contributed by atoms with Crippen LogP contribution in [0.15, 0.2) is 24.3 Å². The number of aliphatic hydroxyl groups excluding tert-OH is 1. The number of likely N-dealkylation sites (tertiary alicyclic amines) is 1. The van der Waals surface area contributed by atoms with Crippen molar-refractivity contribution in [2.45, 2.75) is 50.0 Å². The summed E-state index contributed by atoms with van der Waals surface area (Å²) in [5.74, 6) is 0.285. The van der Waals surface area contributed by atoms with Crippen LogP contribution in [-0.4, -0.2) is 35.1 Å². The molecule has 21 heavy (non-hydrogen) atoms. The van der Waals surface area contributed by atoms with E-state index in [9.17, 15) is 4.79 Å². The van der Waals surface area contributed by atoms with E-state index in [1.165, 1.54) is 0 Å². The van der Waals surface area contributed by atoms with Gasteiger partial charge in [-0.2, -0.15) is 0 Å². The minimum atomic E-state index is -0.296. The molecule has 1 unspecified atom stereocenters. The minimum absolute atomic E-state index is 0.210. The van der Waals surface area contributed by atoms with Gasteiger partial charge in [-0.05, 0) is 56.2 Å². The molecule has 3 rings (SSSR count). The Hall–Kier alpha value is -1.55. The molecular weight excluding hydrogens is 264 g/mol. The van der Waals surface area contributed by atoms with Crippen LogP contribution in [0.1, 0.15) is 44.1 Å². The van der Waals surface area contributed by atoms with E-state index < -0.39 is 0 Å². The Morgan fingerprint density at radius 1 is 1.33 bits per heavy atom. The third-order valence-corrected chi connectivity index (χ3v) is 4.96. The minimum Gasteiger partial charge on any atom is -0.399 e. The summed E-state index contributed by atoms with van der Waals surface area (Å²) in [4.78, 5) is 15.1. The number of carbonyl (C=O) groups excluding carboxylic acids is 1. The van der Waals surface area contributed by atoms with Crippen molar-refractivity contribution in [3.63, 3.8) is 0 Å². The number of rotatable bonds is 5. The average Bonchev–Trinajstić information content (AvgIpc) is 3.17. The number of nitrogen functional groups attached to an aromatic ring is 1. The molecule has 4 nitrogen and oxygen atoms in total. The Balaban J connectivity index is 1.76. The predicted octanol–water partition coefficient (Wildman–Crippen LogP) is 2.06. The third kappa shape index (κ3) is 2.64. The number of hydrogen-bond acceptors (Lipinski definition) is 3. The van der Waals surface area contributed by atoms with Crippen LogP contribution in [-0.2, 0) is 10.2 Å². The molecule has 2 aliphatic rings. The molecule has 1 aliphatic carbocycles. The van der Waals surface area contributed by atoms with E-state index in [4.69, 9.17) is 10.8 Å². The Morgan fingerprint density at radius 3 is 2.67 bits per heavy atom. The first kappa shape index (κ1) is 14.4. The van der Waals surface area contributed by atoms with Gasteiger partial charge in [0, 0.05) is 24.9 Å². The molecule has 1 aliphatic heterocycles. The molecule has 1 aromatic carbocycles. The van der Waals surface area contributed by atoms with Gasteiger partial charge in [0.25, 0.3) is 0 Å². The first-order valence-electron chi connectivity index (χ1n) is 7.95. The van der Waals surface area contributed by atoms with Crippen molar-refractivity contribution in [3.05, 3.63) is 29.8 Å². The number of amides is 1. The van der Waals surface area contributed by atoms with E-state index >= 15 is 0 Å². The van der Waals surface area contributed by atoms with Gasteiger partial charge >= 0.3 is 0 Å². The SMILES string of the molecule is Nc1ccc(C2(C(=O)N3CCCC3CCCO)CC2)cc1. The number of nitrogens with zero attached hydrogens (tertiary/aromatic N) is 1. The number of aliphatic hydroxyl groups is 1. The van der Waals surface area contributed by atoms with Gasteiger partial charge in [0.1, 0.15) is 0 Å². The zero-order chi connectivity index (χ0) is 14.9. The number of carbonyl (C=O) groups is 1. The van der Waals surface area contributed by atoms with E-state index in [0.29, 0.717) is 6.04 Å². The summed E-state index contributed by atoms with van der Waals surface area (Å²) in [5.41, 5.74) is 7.30. The van der Waals surface area contributed by atoms with Crippen LogP contribution >= 0.6 is 0 Å². The Kier molecular flexibility index (Phi) is 3.89. The molecule has 1 saturated heterocycles. The Morgan fingerprint density at radius 2 is 2.05 bits per heavy atom. The number of hydrogen-bond donors (Lipinski definition) is 2. The molecular formula is C17H24N2O2. The second-order valence-electron chi connectivity index (χ2n) is 6.36. The molecule has 4 heteroatoms. The van der Waals surface area contributed by atoms with Crippen molar-refractivity contribution >= 4 is 11.6 Å². The van der Waals surface area contributed by atoms with Crippen LogP contribution in [0.5, 0.6) is 0 Å². The van der Waals surface area contributed by atoms with E-state index in [1.54, 1.807) is 0 Å². The van der Waals surface area contributed by atoms with E-state index in [2.05, 4.69) is 4.90 Å². The maximum Gasteiger partial charge on any atom is 0.233 e. The normalized spacial score (nSPS) is 23.3. The van der Waals surface area contributed by atoms with E-state index in [-0.39, 0.29) is 17.9 Å². The van der Waals surface area contributed by atoms with Crippen molar-refractivity contribution < 1.29 is 9.90 Å². The smallest absolute Gasteiger partial charge is 0.233 e. The molecule has 0 bridgehead atoms. The van der Waals surface area contributed by atoms with E-state index in [0.717, 1.165) is 56.3 Å². The molecule has 0 aromatic heterocycles. The van der Waals surface area contributed by atoms with Crippen molar-refractivity contribution in [1.82, 2.24) is 4.90 Å². The molecule has 1 heterocycles. The fourth-order valence-corrected chi connectivity index (χ4v) is 3.56. The van der Waals surface area contributed by atoms with Crippen LogP contribution < -0.4 is 5.73 Å². The van der Waals surface area contributed by atoms with Crippen molar-refractivity contribution in [1.29, 1.82) is 0 Å². The van der Waals surface area contributed by atoms with Gasteiger partial charge in [0.2, 0.25) is 5.91 Å². The summed E-state index contributed by atoms with van der Waals surface area (Å²) in [7, 11) is 0. The summed E-state index contributed by atoms with van der Waals surface area (Å²) < 4.78 is 0. The second kappa shape index (κ2) is 5.68. The standard InChI is InChI=1S/C17H24N2O2/c18-14-7-5-13(6-8-14)17(9-10-17)16(21)19-11-1-3-15(19)4-2-12-20/h5-8,15,20H,1-4,9-12,18H2. The molecule has 3 N–H and O–H groups in total. The molecule has 2 fully saturated rings. The van der Waals surface area contributed by atoms with Crippen LogP contribution in [0.4, 0.5) is 5.69 Å². The fraction of sp³-hybridized carbons (Fsp3) is 0.588. The first-order valence-corrected chi connectivity index (χ1v) is 7.95. The van der Waals surface area contributed by atoms with Gasteiger partial charge < -0.3 is 15.7 Å². The number of benzene rings is 1. The predicted molar refractivity (Wildman–Crippen MR) is 82.8 cm³/mol. The molecule has 0 radical (unpaired) electrons. The van der Waals surface area contributed by atoms with Crippen LogP contribution in [0.3, 0.4) is 0 Å². The summed E-state index contributed by atoms with van der Waals surface area (Å²) in [6, 6.07) is 8.08. The van der Waals surface area contributed by atoms with E-state index in [1.807, 2.05) is 24.3 Å². The first-order chi connectivity index (χ1) is 10.2. The van der Waals surface area contributed by atoms with Crippen LogP contribution in [0.25, 0.3) is 0 Å². The highest BCUT2D eigenvalue weighted by molar-refractivity contribution is 5.91. The van der Waals surface area contributed by atoms with Gasteiger partial charge in [0.15, 0.2) is 0 Å². The molecule has 1 aromatic rings. The Bertz CT molecular complexity index is 508. The molecule has 0 spiro atoms. The van der Waals surface area contributed by atoms with Gasteiger partial charge in [0.05, 0.1) is 5.41 Å². The molecule has 1 saturated carbocycles. The second-order valence-corrected chi connectivity index (χ2v) is 6.36. The van der Waals surface area contributed by atoms with Crippen LogP contribution in [0, 0.1) is 0 Å². The zero-order valence-corrected chi connectivity index (χ0v) is 12.4. The van der Waals surface area contributed by atoms with Crippen molar-refractivity contribution in [2.75, 3.05) is 18.9 Å². The average molecular weight is 288 g/mol. The molecule has 1 amide bonds. The zero-order valence-electron chi connectivity index (χ0n) is 12.4. The van der Waals surface area contributed by atoms with Gasteiger partial charge in [-0.15, -0.1) is 0 Å². The van der Waals surface area contributed by atoms with Crippen LogP contribution in [0.2, 0.25) is 0 Å². The van der Waals surface area contributed by atoms with Crippen molar-refractivity contribution in [3.8, 4) is 0 Å². The number of nitrogens with two attached hydrogens (primary N) is 1.